The normalized spacial score (nSPS) is 18.4. The van der Waals surface area contributed by atoms with E-state index in [1.54, 1.807) is 6.20 Å². The average molecular weight is 284 g/mol. The molecule has 0 radical (unpaired) electrons. The monoisotopic (exact) mass is 284 g/mol. The van der Waals surface area contributed by atoms with E-state index in [2.05, 4.69) is 20.8 Å². The summed E-state index contributed by atoms with van der Waals surface area (Å²) in [4.78, 5) is 12.0. The van der Waals surface area contributed by atoms with Crippen LogP contribution in [0.5, 0.6) is 0 Å². The van der Waals surface area contributed by atoms with Crippen LogP contribution >= 0.6 is 0 Å². The van der Waals surface area contributed by atoms with Gasteiger partial charge >= 0.3 is 0 Å². The van der Waals surface area contributed by atoms with Gasteiger partial charge < -0.3 is 10.6 Å². The summed E-state index contributed by atoms with van der Waals surface area (Å²) in [6.07, 6.45) is 4.97. The first kappa shape index (κ1) is 13.8. The predicted molar refractivity (Wildman–Crippen MR) is 81.5 cm³/mol. The largest absolute Gasteiger partial charge is 0.351 e. The molecule has 1 aromatic carbocycles. The summed E-state index contributed by atoms with van der Waals surface area (Å²) < 4.78 is 0. The van der Waals surface area contributed by atoms with Crippen LogP contribution in [0.25, 0.3) is 11.3 Å². The zero-order valence-corrected chi connectivity index (χ0v) is 11.9. The van der Waals surface area contributed by atoms with Gasteiger partial charge in [0, 0.05) is 12.7 Å². The SMILES string of the molecule is O=C(NCc1ccc(-c2ccn[nH]2)cc1)C1CCCCN1. The Morgan fingerprint density at radius 1 is 1.24 bits per heavy atom. The van der Waals surface area contributed by atoms with Crippen molar-refractivity contribution >= 4 is 5.91 Å². The Morgan fingerprint density at radius 2 is 2.10 bits per heavy atom. The minimum Gasteiger partial charge on any atom is -0.351 e. The minimum atomic E-state index is -0.0250. The molecule has 5 heteroatoms. The maximum absolute atomic E-state index is 12.0. The van der Waals surface area contributed by atoms with E-state index in [0.29, 0.717) is 6.54 Å². The third-order valence-corrected chi connectivity index (χ3v) is 3.86. The number of piperidine rings is 1. The number of hydrogen-bond acceptors (Lipinski definition) is 3. The van der Waals surface area contributed by atoms with E-state index in [1.165, 1.54) is 6.42 Å². The minimum absolute atomic E-state index is 0.0250. The highest BCUT2D eigenvalue weighted by molar-refractivity contribution is 5.81. The predicted octanol–water partition coefficient (Wildman–Crippen LogP) is 1.83. The topological polar surface area (TPSA) is 69.8 Å². The first-order chi connectivity index (χ1) is 10.3. The second-order valence-corrected chi connectivity index (χ2v) is 5.39. The van der Waals surface area contributed by atoms with E-state index in [0.717, 1.165) is 36.2 Å². The molecule has 1 amide bonds. The molecule has 1 aliphatic heterocycles. The molecule has 1 aromatic heterocycles. The number of H-pyrrole nitrogens is 1. The van der Waals surface area contributed by atoms with Crippen LogP contribution in [0.1, 0.15) is 24.8 Å². The summed E-state index contributed by atoms with van der Waals surface area (Å²) in [7, 11) is 0. The van der Waals surface area contributed by atoms with Crippen LogP contribution in [0.4, 0.5) is 0 Å². The Morgan fingerprint density at radius 3 is 2.76 bits per heavy atom. The highest BCUT2D eigenvalue weighted by Crippen LogP contribution is 2.16. The van der Waals surface area contributed by atoms with Crippen LogP contribution in [0.3, 0.4) is 0 Å². The van der Waals surface area contributed by atoms with Crippen molar-refractivity contribution in [1.29, 1.82) is 0 Å². The molecule has 1 atom stereocenters. The second kappa shape index (κ2) is 6.54. The number of nitrogens with zero attached hydrogens (tertiary/aromatic N) is 1. The standard InChI is InChI=1S/C16H20N4O/c21-16(15-3-1-2-9-17-15)18-11-12-4-6-13(7-5-12)14-8-10-19-20-14/h4-8,10,15,17H,1-3,9,11H2,(H,18,21)(H,19,20). The fourth-order valence-corrected chi connectivity index (χ4v) is 2.61. The number of carbonyl (C=O) groups excluding carboxylic acids is 1. The van der Waals surface area contributed by atoms with Gasteiger partial charge in [-0.2, -0.15) is 5.10 Å². The first-order valence-corrected chi connectivity index (χ1v) is 7.43. The van der Waals surface area contributed by atoms with Crippen molar-refractivity contribution < 1.29 is 4.79 Å². The van der Waals surface area contributed by atoms with Crippen molar-refractivity contribution in [3.63, 3.8) is 0 Å². The van der Waals surface area contributed by atoms with E-state index in [4.69, 9.17) is 0 Å². The molecule has 0 bridgehead atoms. The average Bonchev–Trinajstić information content (AvgIpc) is 3.08. The van der Waals surface area contributed by atoms with Crippen LogP contribution in [0.15, 0.2) is 36.5 Å². The van der Waals surface area contributed by atoms with Gasteiger partial charge in [-0.1, -0.05) is 30.7 Å². The smallest absolute Gasteiger partial charge is 0.237 e. The lowest BCUT2D eigenvalue weighted by atomic mass is 10.0. The molecule has 110 valence electrons. The van der Waals surface area contributed by atoms with Gasteiger partial charge in [0.05, 0.1) is 11.7 Å². The molecule has 1 fully saturated rings. The Kier molecular flexibility index (Phi) is 4.31. The van der Waals surface area contributed by atoms with Crippen molar-refractivity contribution in [2.75, 3.05) is 6.54 Å². The molecule has 2 heterocycles. The third-order valence-electron chi connectivity index (χ3n) is 3.86. The van der Waals surface area contributed by atoms with Crippen molar-refractivity contribution in [2.24, 2.45) is 0 Å². The van der Waals surface area contributed by atoms with Gasteiger partial charge in [0.2, 0.25) is 5.91 Å². The number of aromatic amines is 1. The van der Waals surface area contributed by atoms with Crippen LogP contribution < -0.4 is 10.6 Å². The highest BCUT2D eigenvalue weighted by atomic mass is 16.2. The lowest BCUT2D eigenvalue weighted by Crippen LogP contribution is -2.46. The van der Waals surface area contributed by atoms with Gasteiger partial charge in [-0.15, -0.1) is 0 Å². The number of hydrogen-bond donors (Lipinski definition) is 3. The molecule has 5 nitrogen and oxygen atoms in total. The third kappa shape index (κ3) is 3.49. The fraction of sp³-hybridized carbons (Fsp3) is 0.375. The highest BCUT2D eigenvalue weighted by Gasteiger charge is 2.19. The van der Waals surface area contributed by atoms with Gasteiger partial charge in [0.1, 0.15) is 0 Å². The molecular weight excluding hydrogens is 264 g/mol. The summed E-state index contributed by atoms with van der Waals surface area (Å²) in [5.74, 6) is 0.104. The molecule has 1 aliphatic rings. The van der Waals surface area contributed by atoms with Crippen LogP contribution in [0.2, 0.25) is 0 Å². The van der Waals surface area contributed by atoms with Gasteiger partial charge in [0.25, 0.3) is 0 Å². The molecule has 3 N–H and O–H groups in total. The Bertz CT molecular complexity index is 571. The van der Waals surface area contributed by atoms with E-state index in [9.17, 15) is 4.79 Å². The second-order valence-electron chi connectivity index (χ2n) is 5.39. The fourth-order valence-electron chi connectivity index (χ4n) is 2.61. The van der Waals surface area contributed by atoms with Crippen LogP contribution in [-0.4, -0.2) is 28.7 Å². The van der Waals surface area contributed by atoms with Crippen molar-refractivity contribution in [2.45, 2.75) is 31.8 Å². The quantitative estimate of drug-likeness (QED) is 0.802. The molecule has 0 saturated carbocycles. The van der Waals surface area contributed by atoms with E-state index in [-0.39, 0.29) is 11.9 Å². The maximum Gasteiger partial charge on any atom is 0.237 e. The van der Waals surface area contributed by atoms with Gasteiger partial charge in [-0.05, 0) is 36.6 Å². The molecule has 0 spiro atoms. The summed E-state index contributed by atoms with van der Waals surface area (Å²) in [5, 5.41) is 13.1. The summed E-state index contributed by atoms with van der Waals surface area (Å²) >= 11 is 0. The van der Waals surface area contributed by atoms with Crippen molar-refractivity contribution in [3.05, 3.63) is 42.1 Å². The zero-order chi connectivity index (χ0) is 14.5. The number of rotatable bonds is 4. The molecular formula is C16H20N4O. The Labute approximate surface area is 124 Å². The maximum atomic E-state index is 12.0. The molecule has 21 heavy (non-hydrogen) atoms. The summed E-state index contributed by atoms with van der Waals surface area (Å²) in [5.41, 5.74) is 3.19. The van der Waals surface area contributed by atoms with E-state index < -0.39 is 0 Å². The summed E-state index contributed by atoms with van der Waals surface area (Å²) in [6, 6.07) is 10.0. The molecule has 2 aromatic rings. The van der Waals surface area contributed by atoms with E-state index in [1.807, 2.05) is 30.3 Å². The number of carbonyl (C=O) groups is 1. The lowest BCUT2D eigenvalue weighted by molar-refractivity contribution is -0.123. The van der Waals surface area contributed by atoms with Crippen molar-refractivity contribution in [1.82, 2.24) is 20.8 Å². The van der Waals surface area contributed by atoms with Crippen LogP contribution in [-0.2, 0) is 11.3 Å². The number of benzene rings is 1. The molecule has 1 saturated heterocycles. The lowest BCUT2D eigenvalue weighted by Gasteiger charge is -2.22. The number of nitrogens with one attached hydrogen (secondary N) is 3. The van der Waals surface area contributed by atoms with E-state index >= 15 is 0 Å². The van der Waals surface area contributed by atoms with Gasteiger partial charge in [0.15, 0.2) is 0 Å². The van der Waals surface area contributed by atoms with Crippen molar-refractivity contribution in [3.8, 4) is 11.3 Å². The molecule has 3 rings (SSSR count). The van der Waals surface area contributed by atoms with Gasteiger partial charge in [-0.3, -0.25) is 9.89 Å². The number of aromatic nitrogens is 2. The zero-order valence-electron chi connectivity index (χ0n) is 11.9. The summed E-state index contributed by atoms with van der Waals surface area (Å²) in [6.45, 7) is 1.51. The molecule has 0 aliphatic carbocycles. The number of amides is 1. The Balaban J connectivity index is 1.54. The van der Waals surface area contributed by atoms with Gasteiger partial charge in [-0.25, -0.2) is 0 Å². The molecule has 1 unspecified atom stereocenters. The van der Waals surface area contributed by atoms with Crippen LogP contribution in [0, 0.1) is 0 Å². The Hall–Kier alpha value is -2.14. The first-order valence-electron chi connectivity index (χ1n) is 7.43.